The van der Waals surface area contributed by atoms with Crippen LogP contribution in [0.1, 0.15) is 21.5 Å². The van der Waals surface area contributed by atoms with Crippen LogP contribution < -0.4 is 14.9 Å². The number of carbonyl (C=O) groups is 1. The number of hydrazone groups is 1. The normalized spacial score (nSPS) is 10.7. The lowest BCUT2D eigenvalue weighted by Gasteiger charge is -2.11. The van der Waals surface area contributed by atoms with Crippen molar-refractivity contribution >= 4 is 39.7 Å². The van der Waals surface area contributed by atoms with Crippen LogP contribution >= 0.6 is 27.5 Å². The summed E-state index contributed by atoms with van der Waals surface area (Å²) in [5.41, 5.74) is 4.61. The summed E-state index contributed by atoms with van der Waals surface area (Å²) in [6, 6.07) is 20.3. The van der Waals surface area contributed by atoms with Gasteiger partial charge in [0.1, 0.15) is 6.61 Å². The number of hydrogen-bond donors (Lipinski definition) is 1. The van der Waals surface area contributed by atoms with Crippen LogP contribution in [-0.4, -0.2) is 19.2 Å². The number of nitrogens with one attached hydrogen (secondary N) is 1. The van der Waals surface area contributed by atoms with Crippen molar-refractivity contribution in [2.24, 2.45) is 5.10 Å². The second kappa shape index (κ2) is 10.1. The van der Waals surface area contributed by atoms with E-state index < -0.39 is 5.91 Å². The second-order valence-electron chi connectivity index (χ2n) is 6.01. The zero-order valence-electron chi connectivity index (χ0n) is 15.6. The number of amides is 1. The van der Waals surface area contributed by atoms with Gasteiger partial charge in [-0.15, -0.1) is 0 Å². The first-order valence-electron chi connectivity index (χ1n) is 8.70. The summed E-state index contributed by atoms with van der Waals surface area (Å²) < 4.78 is 12.0. The molecule has 0 fully saturated rings. The maximum Gasteiger partial charge on any atom is 0.272 e. The second-order valence-corrected chi connectivity index (χ2v) is 7.33. The van der Waals surface area contributed by atoms with Gasteiger partial charge >= 0.3 is 0 Å². The molecule has 0 radical (unpaired) electrons. The molecule has 0 saturated heterocycles. The molecule has 0 aromatic heterocycles. The Morgan fingerprint density at radius 2 is 1.90 bits per heavy atom. The zero-order chi connectivity index (χ0) is 20.6. The molecule has 29 heavy (non-hydrogen) atoms. The molecule has 0 atom stereocenters. The highest BCUT2D eigenvalue weighted by molar-refractivity contribution is 9.10. The molecular weight excluding hydrogens is 456 g/mol. The first-order valence-corrected chi connectivity index (χ1v) is 9.87. The first-order chi connectivity index (χ1) is 14.1. The van der Waals surface area contributed by atoms with E-state index >= 15 is 0 Å². The molecular formula is C22H18BrClN2O3. The molecule has 3 aromatic rings. The predicted molar refractivity (Wildman–Crippen MR) is 118 cm³/mol. The Hall–Kier alpha value is -2.83. The van der Waals surface area contributed by atoms with E-state index in [2.05, 4.69) is 26.5 Å². The SMILES string of the molecule is COc1cc(C=NNC(=O)c2cc(Br)ccc2Cl)ccc1OCc1ccccc1. The smallest absolute Gasteiger partial charge is 0.272 e. The fraction of sp³-hybridized carbons (Fsp3) is 0.0909. The Morgan fingerprint density at radius 1 is 1.10 bits per heavy atom. The predicted octanol–water partition coefficient (Wildman–Crippen LogP) is 5.45. The van der Waals surface area contributed by atoms with Gasteiger partial charge in [0.05, 0.1) is 23.9 Å². The molecule has 0 unspecified atom stereocenters. The summed E-state index contributed by atoms with van der Waals surface area (Å²) in [6.45, 7) is 0.439. The van der Waals surface area contributed by atoms with Crippen LogP contribution in [0, 0.1) is 0 Å². The summed E-state index contributed by atoms with van der Waals surface area (Å²) in [5.74, 6) is 0.798. The lowest BCUT2D eigenvalue weighted by atomic mass is 10.2. The minimum atomic E-state index is -0.401. The van der Waals surface area contributed by atoms with Crippen molar-refractivity contribution in [3.63, 3.8) is 0 Å². The lowest BCUT2D eigenvalue weighted by molar-refractivity contribution is 0.0955. The van der Waals surface area contributed by atoms with E-state index in [1.165, 1.54) is 6.21 Å². The van der Waals surface area contributed by atoms with E-state index in [0.717, 1.165) is 15.6 Å². The third-order valence-electron chi connectivity index (χ3n) is 3.98. The third-order valence-corrected chi connectivity index (χ3v) is 4.80. The number of carbonyl (C=O) groups excluding carboxylic acids is 1. The van der Waals surface area contributed by atoms with Crippen LogP contribution in [-0.2, 0) is 6.61 Å². The average Bonchev–Trinajstić information content (AvgIpc) is 2.75. The Labute approximate surface area is 182 Å². The van der Waals surface area contributed by atoms with Gasteiger partial charge in [0.25, 0.3) is 5.91 Å². The van der Waals surface area contributed by atoms with Crippen molar-refractivity contribution in [2.75, 3.05) is 7.11 Å². The Bertz CT molecular complexity index is 1030. The Morgan fingerprint density at radius 3 is 2.66 bits per heavy atom. The van der Waals surface area contributed by atoms with Gasteiger partial charge in [0.15, 0.2) is 11.5 Å². The lowest BCUT2D eigenvalue weighted by Crippen LogP contribution is -2.18. The average molecular weight is 474 g/mol. The van der Waals surface area contributed by atoms with Gasteiger partial charge in [-0.3, -0.25) is 4.79 Å². The molecule has 0 heterocycles. The zero-order valence-corrected chi connectivity index (χ0v) is 17.9. The van der Waals surface area contributed by atoms with Gasteiger partial charge in [-0.05, 0) is 47.5 Å². The van der Waals surface area contributed by atoms with Crippen LogP contribution in [0.25, 0.3) is 0 Å². The van der Waals surface area contributed by atoms with E-state index in [1.807, 2.05) is 36.4 Å². The van der Waals surface area contributed by atoms with Gasteiger partial charge in [-0.25, -0.2) is 5.43 Å². The fourth-order valence-corrected chi connectivity index (χ4v) is 3.08. The van der Waals surface area contributed by atoms with Gasteiger partial charge in [-0.1, -0.05) is 57.9 Å². The number of halogens is 2. The van der Waals surface area contributed by atoms with Crippen LogP contribution in [0.2, 0.25) is 5.02 Å². The summed E-state index contributed by atoms with van der Waals surface area (Å²) in [6.07, 6.45) is 1.52. The maximum atomic E-state index is 12.2. The van der Waals surface area contributed by atoms with Gasteiger partial charge in [0, 0.05) is 4.47 Å². The topological polar surface area (TPSA) is 59.9 Å². The van der Waals surface area contributed by atoms with Crippen molar-refractivity contribution in [2.45, 2.75) is 6.61 Å². The Kier molecular flexibility index (Phi) is 7.27. The summed E-state index contributed by atoms with van der Waals surface area (Å²) in [5, 5.41) is 4.34. The highest BCUT2D eigenvalue weighted by Gasteiger charge is 2.10. The van der Waals surface area contributed by atoms with Gasteiger partial charge in [0.2, 0.25) is 0 Å². The van der Waals surface area contributed by atoms with Crippen molar-refractivity contribution in [1.82, 2.24) is 5.43 Å². The first kappa shape index (κ1) is 20.9. The number of nitrogens with zero attached hydrogens (tertiary/aromatic N) is 1. The molecule has 7 heteroatoms. The van der Waals surface area contributed by atoms with Gasteiger partial charge in [-0.2, -0.15) is 5.10 Å². The summed E-state index contributed by atoms with van der Waals surface area (Å²) >= 11 is 9.37. The van der Waals surface area contributed by atoms with Crippen molar-refractivity contribution in [3.05, 3.63) is 92.9 Å². The molecule has 3 rings (SSSR count). The van der Waals surface area contributed by atoms with Crippen LogP contribution in [0.5, 0.6) is 11.5 Å². The monoisotopic (exact) mass is 472 g/mol. The van der Waals surface area contributed by atoms with Crippen LogP contribution in [0.3, 0.4) is 0 Å². The van der Waals surface area contributed by atoms with E-state index in [0.29, 0.717) is 28.7 Å². The van der Waals surface area contributed by atoms with E-state index in [-0.39, 0.29) is 0 Å². The molecule has 1 N–H and O–H groups in total. The standard InChI is InChI=1S/C22H18BrClN2O3/c1-28-21-11-16(7-10-20(21)29-14-15-5-3-2-4-6-15)13-25-26-22(27)18-12-17(23)8-9-19(18)24/h2-13H,14H2,1H3,(H,26,27). The number of methoxy groups -OCH3 is 1. The molecule has 5 nitrogen and oxygen atoms in total. The maximum absolute atomic E-state index is 12.2. The molecule has 0 aliphatic heterocycles. The minimum Gasteiger partial charge on any atom is -0.493 e. The molecule has 148 valence electrons. The van der Waals surface area contributed by atoms with Crippen molar-refractivity contribution < 1.29 is 14.3 Å². The van der Waals surface area contributed by atoms with Crippen molar-refractivity contribution in [1.29, 1.82) is 0 Å². The molecule has 1 amide bonds. The summed E-state index contributed by atoms with van der Waals surface area (Å²) in [4.78, 5) is 12.2. The highest BCUT2D eigenvalue weighted by atomic mass is 79.9. The molecule has 0 aliphatic rings. The highest BCUT2D eigenvalue weighted by Crippen LogP contribution is 2.28. The molecule has 0 spiro atoms. The largest absolute Gasteiger partial charge is 0.493 e. The molecule has 0 aliphatic carbocycles. The van der Waals surface area contributed by atoms with E-state index in [1.54, 1.807) is 37.4 Å². The molecule has 3 aromatic carbocycles. The molecule has 0 bridgehead atoms. The van der Waals surface area contributed by atoms with Crippen LogP contribution in [0.4, 0.5) is 0 Å². The summed E-state index contributed by atoms with van der Waals surface area (Å²) in [7, 11) is 1.57. The molecule has 0 saturated carbocycles. The third kappa shape index (κ3) is 5.82. The quantitative estimate of drug-likeness (QED) is 0.366. The van der Waals surface area contributed by atoms with Crippen molar-refractivity contribution in [3.8, 4) is 11.5 Å². The number of rotatable bonds is 7. The fourth-order valence-electron chi connectivity index (χ4n) is 2.52. The number of benzene rings is 3. The minimum absolute atomic E-state index is 0.334. The van der Waals surface area contributed by atoms with Crippen LogP contribution in [0.15, 0.2) is 76.3 Å². The Balaban J connectivity index is 1.65. The van der Waals surface area contributed by atoms with E-state index in [4.69, 9.17) is 21.1 Å². The van der Waals surface area contributed by atoms with E-state index in [9.17, 15) is 4.79 Å². The van der Waals surface area contributed by atoms with Gasteiger partial charge < -0.3 is 9.47 Å². The number of hydrogen-bond acceptors (Lipinski definition) is 4. The number of ether oxygens (including phenoxy) is 2.